The van der Waals surface area contributed by atoms with Crippen molar-refractivity contribution in [1.82, 2.24) is 10.3 Å². The fraction of sp³-hybridized carbons (Fsp3) is 0.727. The van der Waals surface area contributed by atoms with Crippen LogP contribution in [0, 0.1) is 5.92 Å². The molecule has 0 aromatic carbocycles. The number of methoxy groups -OCH3 is 1. The van der Waals surface area contributed by atoms with Crippen LogP contribution in [-0.2, 0) is 6.42 Å². The van der Waals surface area contributed by atoms with Crippen LogP contribution in [0.2, 0.25) is 0 Å². The van der Waals surface area contributed by atoms with Gasteiger partial charge in [0.15, 0.2) is 5.13 Å². The Labute approximate surface area is 101 Å². The fourth-order valence-corrected chi connectivity index (χ4v) is 3.02. The summed E-state index contributed by atoms with van der Waals surface area (Å²) in [6, 6.07) is 0. The third-order valence-corrected chi connectivity index (χ3v) is 4.09. The zero-order valence-corrected chi connectivity index (χ0v) is 10.9. The second-order valence-corrected chi connectivity index (χ2v) is 5.45. The van der Waals surface area contributed by atoms with Crippen LogP contribution in [0.25, 0.3) is 0 Å². The summed E-state index contributed by atoms with van der Waals surface area (Å²) in [6.07, 6.45) is 2.35. The van der Waals surface area contributed by atoms with Crippen molar-refractivity contribution in [2.45, 2.75) is 12.8 Å². The Kier molecular flexibility index (Phi) is 3.66. The minimum absolute atomic E-state index is 0.740. The molecule has 1 aromatic heterocycles. The Morgan fingerprint density at radius 2 is 2.38 bits per heavy atom. The van der Waals surface area contributed by atoms with Crippen LogP contribution >= 0.6 is 11.3 Å². The molecule has 1 aromatic rings. The fourth-order valence-electron chi connectivity index (χ4n) is 1.96. The largest absolute Gasteiger partial charge is 0.480 e. The highest BCUT2D eigenvalue weighted by Crippen LogP contribution is 2.33. The van der Waals surface area contributed by atoms with Gasteiger partial charge in [0.2, 0.25) is 5.88 Å². The topological polar surface area (TPSA) is 37.4 Å². The number of thiazole rings is 1. The first-order chi connectivity index (χ1) is 7.70. The maximum atomic E-state index is 5.34. The van der Waals surface area contributed by atoms with E-state index in [2.05, 4.69) is 10.3 Å². The van der Waals surface area contributed by atoms with Crippen molar-refractivity contribution in [3.05, 3.63) is 4.88 Å². The normalized spacial score (nSPS) is 20.1. The van der Waals surface area contributed by atoms with Crippen LogP contribution in [-0.4, -0.2) is 39.3 Å². The summed E-state index contributed by atoms with van der Waals surface area (Å²) < 4.78 is 5.34. The van der Waals surface area contributed by atoms with E-state index in [1.54, 1.807) is 18.4 Å². The first-order valence-corrected chi connectivity index (χ1v) is 6.44. The molecule has 1 aliphatic rings. The van der Waals surface area contributed by atoms with Gasteiger partial charge in [-0.25, -0.2) is 0 Å². The molecule has 1 saturated heterocycles. The van der Waals surface area contributed by atoms with Gasteiger partial charge in [-0.3, -0.25) is 0 Å². The molecule has 0 bridgehead atoms. The van der Waals surface area contributed by atoms with Gasteiger partial charge in [-0.05, 0) is 31.8 Å². The van der Waals surface area contributed by atoms with E-state index in [-0.39, 0.29) is 0 Å². The summed E-state index contributed by atoms with van der Waals surface area (Å²) in [5, 5.41) is 4.42. The smallest absolute Gasteiger partial charge is 0.229 e. The first kappa shape index (κ1) is 11.7. The molecule has 1 aliphatic heterocycles. The summed E-state index contributed by atoms with van der Waals surface area (Å²) >= 11 is 1.74. The van der Waals surface area contributed by atoms with Crippen molar-refractivity contribution < 1.29 is 4.74 Å². The molecule has 0 radical (unpaired) electrons. The van der Waals surface area contributed by atoms with Crippen LogP contribution < -0.4 is 15.0 Å². The van der Waals surface area contributed by atoms with Gasteiger partial charge in [0.05, 0.1) is 12.0 Å². The van der Waals surface area contributed by atoms with Crippen molar-refractivity contribution in [2.24, 2.45) is 5.92 Å². The van der Waals surface area contributed by atoms with Gasteiger partial charge in [-0.15, -0.1) is 0 Å². The third kappa shape index (κ3) is 2.47. The number of rotatable bonds is 4. The number of hydrogen-bond acceptors (Lipinski definition) is 5. The minimum Gasteiger partial charge on any atom is -0.480 e. The molecule has 1 unspecified atom stereocenters. The lowest BCUT2D eigenvalue weighted by atomic mass is 10.0. The van der Waals surface area contributed by atoms with Gasteiger partial charge in [-0.1, -0.05) is 11.3 Å². The number of hydrogen-bond donors (Lipinski definition) is 1. The zero-order valence-electron chi connectivity index (χ0n) is 10.1. The maximum absolute atomic E-state index is 5.34. The molecule has 16 heavy (non-hydrogen) atoms. The molecular formula is C11H19N3OS. The highest BCUT2D eigenvalue weighted by molar-refractivity contribution is 7.15. The molecule has 1 fully saturated rings. The van der Waals surface area contributed by atoms with Gasteiger partial charge in [0, 0.05) is 14.1 Å². The molecule has 4 nitrogen and oxygen atoms in total. The van der Waals surface area contributed by atoms with Gasteiger partial charge >= 0.3 is 0 Å². The van der Waals surface area contributed by atoms with Crippen molar-refractivity contribution in [1.29, 1.82) is 0 Å². The summed E-state index contributed by atoms with van der Waals surface area (Å²) in [7, 11) is 5.73. The van der Waals surface area contributed by atoms with Crippen LogP contribution in [0.1, 0.15) is 11.3 Å². The van der Waals surface area contributed by atoms with Crippen molar-refractivity contribution >= 4 is 16.5 Å². The summed E-state index contributed by atoms with van der Waals surface area (Å²) in [5.41, 5.74) is 0. The number of anilines is 1. The number of nitrogens with one attached hydrogen (secondary N) is 1. The molecule has 2 heterocycles. The van der Waals surface area contributed by atoms with E-state index in [0.717, 1.165) is 36.4 Å². The standard InChI is InChI=1S/C11H19N3OS/c1-14(2)11-13-10(15-3)9(16-11)6-8-4-5-12-7-8/h8,12H,4-7H2,1-3H3. The van der Waals surface area contributed by atoms with E-state index in [0.29, 0.717) is 0 Å². The second-order valence-electron chi connectivity index (χ2n) is 4.39. The predicted molar refractivity (Wildman–Crippen MR) is 67.7 cm³/mol. The Morgan fingerprint density at radius 3 is 2.94 bits per heavy atom. The van der Waals surface area contributed by atoms with Crippen LogP contribution in [0.15, 0.2) is 0 Å². The van der Waals surface area contributed by atoms with Crippen LogP contribution in [0.3, 0.4) is 0 Å². The van der Waals surface area contributed by atoms with Crippen molar-refractivity contribution in [3.8, 4) is 5.88 Å². The molecular weight excluding hydrogens is 222 g/mol. The monoisotopic (exact) mass is 241 g/mol. The molecule has 2 rings (SSSR count). The van der Waals surface area contributed by atoms with Crippen molar-refractivity contribution in [2.75, 3.05) is 39.2 Å². The molecule has 0 amide bonds. The Hall–Kier alpha value is -0.810. The average Bonchev–Trinajstić information content (AvgIpc) is 2.87. The molecule has 1 atom stereocenters. The molecule has 0 spiro atoms. The average molecular weight is 241 g/mol. The molecule has 1 N–H and O–H groups in total. The Balaban J connectivity index is 2.11. The Bertz CT molecular complexity index is 345. The lowest BCUT2D eigenvalue weighted by Crippen LogP contribution is -2.10. The van der Waals surface area contributed by atoms with Gasteiger partial charge in [0.1, 0.15) is 0 Å². The van der Waals surface area contributed by atoms with Crippen LogP contribution in [0.4, 0.5) is 5.13 Å². The minimum atomic E-state index is 0.740. The Morgan fingerprint density at radius 1 is 1.56 bits per heavy atom. The van der Waals surface area contributed by atoms with E-state index < -0.39 is 0 Å². The number of aromatic nitrogens is 1. The zero-order chi connectivity index (χ0) is 11.5. The number of nitrogens with zero attached hydrogens (tertiary/aromatic N) is 2. The highest BCUT2D eigenvalue weighted by Gasteiger charge is 2.20. The van der Waals surface area contributed by atoms with E-state index in [4.69, 9.17) is 4.74 Å². The van der Waals surface area contributed by atoms with Gasteiger partial charge < -0.3 is 15.0 Å². The first-order valence-electron chi connectivity index (χ1n) is 5.62. The van der Waals surface area contributed by atoms with Crippen LogP contribution in [0.5, 0.6) is 5.88 Å². The van der Waals surface area contributed by atoms with E-state index >= 15 is 0 Å². The van der Waals surface area contributed by atoms with Gasteiger partial charge in [0.25, 0.3) is 0 Å². The summed E-state index contributed by atoms with van der Waals surface area (Å²) in [6.45, 7) is 2.27. The number of ether oxygens (including phenoxy) is 1. The SMILES string of the molecule is COc1nc(N(C)C)sc1CC1CCNC1. The quantitative estimate of drug-likeness (QED) is 0.864. The van der Waals surface area contributed by atoms with E-state index in [1.807, 2.05) is 19.0 Å². The van der Waals surface area contributed by atoms with Crippen molar-refractivity contribution in [3.63, 3.8) is 0 Å². The lowest BCUT2D eigenvalue weighted by molar-refractivity contribution is 0.393. The summed E-state index contributed by atoms with van der Waals surface area (Å²) in [5.74, 6) is 1.55. The lowest BCUT2D eigenvalue weighted by Gasteiger charge is -2.06. The molecule has 90 valence electrons. The third-order valence-electron chi connectivity index (χ3n) is 2.86. The molecule has 0 aliphatic carbocycles. The summed E-state index contributed by atoms with van der Waals surface area (Å²) in [4.78, 5) is 7.78. The molecule has 5 heteroatoms. The molecule has 0 saturated carbocycles. The van der Waals surface area contributed by atoms with E-state index in [1.165, 1.54) is 11.3 Å². The van der Waals surface area contributed by atoms with E-state index in [9.17, 15) is 0 Å². The van der Waals surface area contributed by atoms with Gasteiger partial charge in [-0.2, -0.15) is 4.98 Å². The predicted octanol–water partition coefficient (Wildman–Crippen LogP) is 1.37. The second kappa shape index (κ2) is 5.01. The highest BCUT2D eigenvalue weighted by atomic mass is 32.1. The maximum Gasteiger partial charge on any atom is 0.229 e.